The van der Waals surface area contributed by atoms with E-state index in [1.165, 1.54) is 0 Å². The van der Waals surface area contributed by atoms with Crippen molar-refractivity contribution in [1.29, 1.82) is 0 Å². The minimum Gasteiger partial charge on any atom is -0.493 e. The SMILES string of the molecule is Cc1cc(N2CCN(CC(C)C)CC2=O)nn1Cc1cc(Cl)ccc1OCC(C)C.Cl. The van der Waals surface area contributed by atoms with E-state index in [0.717, 1.165) is 30.1 Å². The molecule has 0 saturated carbocycles. The molecule has 0 radical (unpaired) electrons. The molecular weight excluding hydrogens is 435 g/mol. The lowest BCUT2D eigenvalue weighted by Gasteiger charge is -2.33. The number of nitrogens with zero attached hydrogens (tertiary/aromatic N) is 4. The zero-order chi connectivity index (χ0) is 21.8. The Morgan fingerprint density at radius 1 is 1.13 bits per heavy atom. The number of hydrogen-bond acceptors (Lipinski definition) is 4. The molecule has 1 fully saturated rings. The maximum Gasteiger partial charge on any atom is 0.242 e. The van der Waals surface area contributed by atoms with Crippen molar-refractivity contribution >= 4 is 35.7 Å². The molecule has 1 aromatic heterocycles. The molecule has 8 heteroatoms. The molecule has 0 unspecified atom stereocenters. The third-order valence-corrected chi connectivity index (χ3v) is 5.32. The van der Waals surface area contributed by atoms with Gasteiger partial charge in [0.15, 0.2) is 5.82 Å². The third-order valence-electron chi connectivity index (χ3n) is 5.08. The molecule has 2 heterocycles. The van der Waals surface area contributed by atoms with E-state index in [-0.39, 0.29) is 18.3 Å². The zero-order valence-electron chi connectivity index (χ0n) is 19.1. The fraction of sp³-hybridized carbons (Fsp3) is 0.565. The van der Waals surface area contributed by atoms with E-state index < -0.39 is 0 Å². The van der Waals surface area contributed by atoms with Gasteiger partial charge in [0.2, 0.25) is 5.91 Å². The number of piperazine rings is 1. The second-order valence-electron chi connectivity index (χ2n) is 8.93. The molecule has 1 aliphatic rings. The second-order valence-corrected chi connectivity index (χ2v) is 9.37. The maximum absolute atomic E-state index is 12.7. The molecule has 0 aliphatic carbocycles. The maximum atomic E-state index is 12.7. The average Bonchev–Trinajstić information content (AvgIpc) is 3.00. The van der Waals surface area contributed by atoms with Gasteiger partial charge < -0.3 is 4.74 Å². The third kappa shape index (κ3) is 6.86. The predicted octanol–water partition coefficient (Wildman–Crippen LogP) is 4.65. The van der Waals surface area contributed by atoms with Crippen LogP contribution in [-0.2, 0) is 11.3 Å². The fourth-order valence-electron chi connectivity index (χ4n) is 3.65. The van der Waals surface area contributed by atoms with Gasteiger partial charge in [-0.15, -0.1) is 12.4 Å². The summed E-state index contributed by atoms with van der Waals surface area (Å²) in [4.78, 5) is 16.7. The number of halogens is 2. The van der Waals surface area contributed by atoms with E-state index >= 15 is 0 Å². The lowest BCUT2D eigenvalue weighted by molar-refractivity contribution is -0.121. The monoisotopic (exact) mass is 468 g/mol. The quantitative estimate of drug-likeness (QED) is 0.565. The number of anilines is 1. The Labute approximate surface area is 196 Å². The first kappa shape index (κ1) is 25.5. The number of rotatable bonds is 8. The van der Waals surface area contributed by atoms with Gasteiger partial charge in [-0.2, -0.15) is 5.10 Å². The lowest BCUT2D eigenvalue weighted by atomic mass is 10.2. The Hall–Kier alpha value is -1.76. The Morgan fingerprint density at radius 2 is 1.87 bits per heavy atom. The van der Waals surface area contributed by atoms with Crippen LogP contribution < -0.4 is 9.64 Å². The van der Waals surface area contributed by atoms with Crippen LogP contribution >= 0.6 is 24.0 Å². The van der Waals surface area contributed by atoms with Crippen LogP contribution in [0.15, 0.2) is 24.3 Å². The van der Waals surface area contributed by atoms with Crippen LogP contribution in [-0.4, -0.2) is 53.4 Å². The van der Waals surface area contributed by atoms with Crippen LogP contribution in [0.5, 0.6) is 5.75 Å². The second kappa shape index (κ2) is 11.2. The molecule has 1 aliphatic heterocycles. The van der Waals surface area contributed by atoms with Crippen molar-refractivity contribution < 1.29 is 9.53 Å². The molecule has 0 N–H and O–H groups in total. The molecule has 0 spiro atoms. The van der Waals surface area contributed by atoms with Gasteiger partial charge in [0.1, 0.15) is 5.75 Å². The first-order valence-electron chi connectivity index (χ1n) is 10.7. The standard InChI is InChI=1S/C23H33ClN4O2.ClH/c1-16(2)12-26-8-9-27(23(29)14-26)22-10-18(5)28(25-22)13-19-11-20(24)6-7-21(19)30-15-17(3)4;/h6-7,10-11,16-17H,8-9,12-15H2,1-5H3;1H. The number of hydrogen-bond donors (Lipinski definition) is 0. The molecule has 172 valence electrons. The van der Waals surface area contributed by atoms with Crippen molar-refractivity contribution in [1.82, 2.24) is 14.7 Å². The normalized spacial score (nSPS) is 15.0. The number of carbonyl (C=O) groups excluding carboxylic acids is 1. The Balaban J connectivity index is 0.00000341. The van der Waals surface area contributed by atoms with E-state index in [4.69, 9.17) is 21.4 Å². The molecule has 0 bridgehead atoms. The van der Waals surface area contributed by atoms with Gasteiger partial charge in [-0.3, -0.25) is 19.3 Å². The van der Waals surface area contributed by atoms with Crippen molar-refractivity contribution in [2.75, 3.05) is 37.7 Å². The summed E-state index contributed by atoms with van der Waals surface area (Å²) in [6.45, 7) is 14.7. The van der Waals surface area contributed by atoms with Gasteiger partial charge in [-0.25, -0.2) is 0 Å². The minimum atomic E-state index is 0. The highest BCUT2D eigenvalue weighted by molar-refractivity contribution is 6.30. The van der Waals surface area contributed by atoms with Gasteiger partial charge in [0, 0.05) is 42.0 Å². The van der Waals surface area contributed by atoms with Crippen molar-refractivity contribution in [3.63, 3.8) is 0 Å². The van der Waals surface area contributed by atoms with Crippen molar-refractivity contribution in [3.8, 4) is 5.75 Å². The van der Waals surface area contributed by atoms with Crippen molar-refractivity contribution in [2.24, 2.45) is 11.8 Å². The summed E-state index contributed by atoms with van der Waals surface area (Å²) < 4.78 is 7.89. The highest BCUT2D eigenvalue weighted by Crippen LogP contribution is 2.26. The highest BCUT2D eigenvalue weighted by atomic mass is 35.5. The number of ether oxygens (including phenoxy) is 1. The Kier molecular flexibility index (Phi) is 9.22. The predicted molar refractivity (Wildman–Crippen MR) is 129 cm³/mol. The van der Waals surface area contributed by atoms with Gasteiger partial charge >= 0.3 is 0 Å². The zero-order valence-corrected chi connectivity index (χ0v) is 20.7. The fourth-order valence-corrected chi connectivity index (χ4v) is 3.85. The molecule has 1 saturated heterocycles. The summed E-state index contributed by atoms with van der Waals surface area (Å²) in [6.07, 6.45) is 0. The van der Waals surface area contributed by atoms with Crippen LogP contribution in [0, 0.1) is 18.8 Å². The van der Waals surface area contributed by atoms with E-state index in [2.05, 4.69) is 32.6 Å². The molecule has 3 rings (SSSR count). The van der Waals surface area contributed by atoms with Crippen LogP contribution in [0.25, 0.3) is 0 Å². The Morgan fingerprint density at radius 3 is 2.52 bits per heavy atom. The summed E-state index contributed by atoms with van der Waals surface area (Å²) in [5.74, 6) is 2.63. The van der Waals surface area contributed by atoms with Gasteiger partial charge in [-0.05, 0) is 37.0 Å². The van der Waals surface area contributed by atoms with Gasteiger partial charge in [0.25, 0.3) is 0 Å². The Bertz CT molecular complexity index is 882. The summed E-state index contributed by atoms with van der Waals surface area (Å²) in [5.41, 5.74) is 1.98. The highest BCUT2D eigenvalue weighted by Gasteiger charge is 2.27. The average molecular weight is 469 g/mol. The molecule has 2 aromatic rings. The summed E-state index contributed by atoms with van der Waals surface area (Å²) in [6, 6.07) is 7.66. The molecule has 1 aromatic carbocycles. The number of carbonyl (C=O) groups is 1. The molecule has 6 nitrogen and oxygen atoms in total. The largest absolute Gasteiger partial charge is 0.493 e. The first-order valence-corrected chi connectivity index (χ1v) is 11.1. The summed E-state index contributed by atoms with van der Waals surface area (Å²) in [5, 5.41) is 5.41. The molecule has 0 atom stereocenters. The van der Waals surface area contributed by atoms with Crippen molar-refractivity contribution in [3.05, 3.63) is 40.5 Å². The minimum absolute atomic E-state index is 0. The van der Waals surface area contributed by atoms with E-state index in [1.54, 1.807) is 4.90 Å². The number of aryl methyl sites for hydroxylation is 1. The lowest BCUT2D eigenvalue weighted by Crippen LogP contribution is -2.51. The topological polar surface area (TPSA) is 50.6 Å². The molecule has 31 heavy (non-hydrogen) atoms. The van der Waals surface area contributed by atoms with E-state index in [1.807, 2.05) is 35.9 Å². The van der Waals surface area contributed by atoms with Crippen molar-refractivity contribution in [2.45, 2.75) is 41.2 Å². The van der Waals surface area contributed by atoms with Crippen LogP contribution in [0.2, 0.25) is 5.02 Å². The first-order chi connectivity index (χ1) is 14.2. The van der Waals surface area contributed by atoms with Crippen LogP contribution in [0.4, 0.5) is 5.82 Å². The van der Waals surface area contributed by atoms with Crippen LogP contribution in [0.1, 0.15) is 39.0 Å². The number of aromatic nitrogens is 2. The molecular formula is C23H34Cl2N4O2. The van der Waals surface area contributed by atoms with Gasteiger partial charge in [-0.1, -0.05) is 39.3 Å². The molecule has 1 amide bonds. The van der Waals surface area contributed by atoms with Gasteiger partial charge in [0.05, 0.1) is 19.7 Å². The summed E-state index contributed by atoms with van der Waals surface area (Å²) in [7, 11) is 0. The number of amides is 1. The van der Waals surface area contributed by atoms with Crippen LogP contribution in [0.3, 0.4) is 0 Å². The summed E-state index contributed by atoms with van der Waals surface area (Å²) >= 11 is 6.24. The van der Waals surface area contributed by atoms with E-state index in [0.29, 0.717) is 48.9 Å². The smallest absolute Gasteiger partial charge is 0.242 e. The van der Waals surface area contributed by atoms with E-state index in [9.17, 15) is 4.79 Å². The number of benzene rings is 1.